The molecule has 0 aliphatic rings. The fourth-order valence-electron chi connectivity index (χ4n) is 0.958. The minimum absolute atomic E-state index is 0. The average Bonchev–Trinajstić information content (AvgIpc) is 2.29. The number of hydrogen-bond donors (Lipinski definition) is 4. The summed E-state index contributed by atoms with van der Waals surface area (Å²) in [5.41, 5.74) is -1.65. The summed E-state index contributed by atoms with van der Waals surface area (Å²) in [4.78, 5) is 41.0. The van der Waals surface area contributed by atoms with Crippen LogP contribution in [0.2, 0.25) is 0 Å². The molecule has 9 heteroatoms. The number of aromatic amines is 4. The van der Waals surface area contributed by atoms with Crippen molar-refractivity contribution in [2.75, 3.05) is 0 Å². The summed E-state index contributed by atoms with van der Waals surface area (Å²) in [7, 11) is 0. The molecule has 4 N–H and O–H groups in total. The quantitative estimate of drug-likeness (QED) is 0.344. The van der Waals surface area contributed by atoms with Crippen LogP contribution in [0.3, 0.4) is 0 Å². The second-order valence-corrected chi connectivity index (χ2v) is 2.24. The summed E-state index contributed by atoms with van der Waals surface area (Å²) in [6.45, 7) is 0. The van der Waals surface area contributed by atoms with Gasteiger partial charge in [0.15, 0.2) is 0 Å². The summed E-state index contributed by atoms with van der Waals surface area (Å²) in [6, 6.07) is 0. The average molecular weight is 243 g/mol. The standard InChI is InChI=1S/C5H4N4O3.ClH.K/c10-3-1-2(7-4(11)6-1)8-5(12)9-3;;/h(H4,6,7,8,9,10,11,12);1H;/q;;+1/p-1. The van der Waals surface area contributed by atoms with Gasteiger partial charge in [0.2, 0.25) is 0 Å². The van der Waals surface area contributed by atoms with E-state index in [1.165, 1.54) is 0 Å². The monoisotopic (exact) mass is 242 g/mol. The normalized spacial score (nSPS) is 9.14. The maximum absolute atomic E-state index is 10.9. The van der Waals surface area contributed by atoms with Gasteiger partial charge < -0.3 is 12.4 Å². The molecule has 2 heterocycles. The molecule has 0 saturated carbocycles. The van der Waals surface area contributed by atoms with E-state index in [-0.39, 0.29) is 75.0 Å². The Morgan fingerprint density at radius 2 is 1.29 bits per heavy atom. The van der Waals surface area contributed by atoms with Gasteiger partial charge in [0.1, 0.15) is 11.2 Å². The minimum atomic E-state index is -0.650. The molecule has 0 saturated heterocycles. The van der Waals surface area contributed by atoms with E-state index in [4.69, 9.17) is 0 Å². The molecule has 2 aromatic heterocycles. The third-order valence-corrected chi connectivity index (χ3v) is 1.42. The zero-order chi connectivity index (χ0) is 8.72. The molecule has 2 rings (SSSR count). The third kappa shape index (κ3) is 2.46. The Morgan fingerprint density at radius 3 is 1.86 bits per heavy atom. The van der Waals surface area contributed by atoms with Crippen LogP contribution in [0.4, 0.5) is 0 Å². The molecule has 0 aromatic carbocycles. The second-order valence-electron chi connectivity index (χ2n) is 2.24. The summed E-state index contributed by atoms with van der Waals surface area (Å²) < 4.78 is 0. The van der Waals surface area contributed by atoms with Crippen LogP contribution in [-0.4, -0.2) is 19.9 Å². The fraction of sp³-hybridized carbons (Fsp3) is 0. The van der Waals surface area contributed by atoms with E-state index in [0.29, 0.717) is 0 Å². The van der Waals surface area contributed by atoms with Crippen LogP contribution in [-0.2, 0) is 0 Å². The maximum Gasteiger partial charge on any atom is 1.00 e. The SMILES string of the molecule is O=c1[nH]c(=O)c2[nH]c(=O)[nH]c2[nH]1.[Cl-].[K+]. The molecule has 0 radical (unpaired) electrons. The largest absolute Gasteiger partial charge is 1.00 e. The first kappa shape index (κ1) is 13.9. The molecule has 0 spiro atoms. The van der Waals surface area contributed by atoms with Crippen molar-refractivity contribution in [3.63, 3.8) is 0 Å². The first-order valence-electron chi connectivity index (χ1n) is 3.11. The van der Waals surface area contributed by atoms with Gasteiger partial charge in [0.25, 0.3) is 5.56 Å². The summed E-state index contributed by atoms with van der Waals surface area (Å²) >= 11 is 0. The van der Waals surface area contributed by atoms with Crippen molar-refractivity contribution in [2.45, 2.75) is 0 Å². The van der Waals surface area contributed by atoms with Crippen LogP contribution < -0.4 is 80.7 Å². The molecule has 0 aliphatic carbocycles. The molecule has 0 amide bonds. The summed E-state index contributed by atoms with van der Waals surface area (Å²) in [5, 5.41) is 0. The number of H-pyrrole nitrogens is 4. The molecule has 0 atom stereocenters. The van der Waals surface area contributed by atoms with E-state index in [1.54, 1.807) is 0 Å². The van der Waals surface area contributed by atoms with Crippen LogP contribution in [0.25, 0.3) is 11.2 Å². The molecular weight excluding hydrogens is 239 g/mol. The second kappa shape index (κ2) is 5.10. The molecule has 0 bridgehead atoms. The number of imidazole rings is 1. The van der Waals surface area contributed by atoms with Crippen LogP contribution in [0, 0.1) is 0 Å². The van der Waals surface area contributed by atoms with Gasteiger partial charge in [-0.3, -0.25) is 24.7 Å². The zero-order valence-corrected chi connectivity index (χ0v) is 11.0. The van der Waals surface area contributed by atoms with E-state index in [2.05, 4.69) is 15.0 Å². The van der Waals surface area contributed by atoms with Gasteiger partial charge in [0.05, 0.1) is 0 Å². The Morgan fingerprint density at radius 1 is 0.786 bits per heavy atom. The van der Waals surface area contributed by atoms with Crippen LogP contribution in [0.1, 0.15) is 0 Å². The molecule has 7 nitrogen and oxygen atoms in total. The number of aromatic nitrogens is 4. The molecule has 2 aromatic rings. The molecule has 14 heavy (non-hydrogen) atoms. The minimum Gasteiger partial charge on any atom is -1.00 e. The fourth-order valence-corrected chi connectivity index (χ4v) is 0.958. The van der Waals surface area contributed by atoms with Crippen molar-refractivity contribution in [3.05, 3.63) is 31.3 Å². The van der Waals surface area contributed by atoms with Crippen molar-refractivity contribution < 1.29 is 63.8 Å². The molecule has 0 fully saturated rings. The van der Waals surface area contributed by atoms with E-state index in [9.17, 15) is 14.4 Å². The van der Waals surface area contributed by atoms with Gasteiger partial charge in [-0.2, -0.15) is 0 Å². The summed E-state index contributed by atoms with van der Waals surface area (Å²) in [6.07, 6.45) is 0. The summed E-state index contributed by atoms with van der Waals surface area (Å²) in [5.74, 6) is 0. The Hall–Kier alpha value is -0.124. The number of fused-ring (bicyclic) bond motifs is 1. The van der Waals surface area contributed by atoms with Crippen molar-refractivity contribution in [2.24, 2.45) is 0 Å². The molecule has 0 unspecified atom stereocenters. The zero-order valence-electron chi connectivity index (χ0n) is 7.10. The van der Waals surface area contributed by atoms with Crippen LogP contribution >= 0.6 is 0 Å². The third-order valence-electron chi connectivity index (χ3n) is 1.42. The van der Waals surface area contributed by atoms with Crippen molar-refractivity contribution in [1.82, 2.24) is 19.9 Å². The number of halogens is 1. The van der Waals surface area contributed by atoms with Gasteiger partial charge in [-0.05, 0) is 0 Å². The van der Waals surface area contributed by atoms with E-state index < -0.39 is 16.9 Å². The van der Waals surface area contributed by atoms with Gasteiger partial charge in [-0.25, -0.2) is 9.59 Å². The first-order valence-corrected chi connectivity index (χ1v) is 3.11. The van der Waals surface area contributed by atoms with Crippen molar-refractivity contribution in [1.29, 1.82) is 0 Å². The molecule has 0 aliphatic heterocycles. The van der Waals surface area contributed by atoms with Crippen LogP contribution in [0.5, 0.6) is 0 Å². The smallest absolute Gasteiger partial charge is 1.00 e. The van der Waals surface area contributed by atoms with Crippen molar-refractivity contribution in [3.8, 4) is 0 Å². The molecular formula is C5H4ClKN4O3. The number of nitrogens with one attached hydrogen (secondary N) is 4. The van der Waals surface area contributed by atoms with Gasteiger partial charge in [-0.1, -0.05) is 0 Å². The predicted octanol–water partition coefficient (Wildman–Crippen LogP) is -7.76. The number of hydrogen-bond acceptors (Lipinski definition) is 3. The molecule has 70 valence electrons. The van der Waals surface area contributed by atoms with E-state index in [1.807, 2.05) is 4.98 Å². The Kier molecular flexibility index (Phi) is 5.05. The van der Waals surface area contributed by atoms with Crippen LogP contribution in [0.15, 0.2) is 14.4 Å². The Labute approximate surface area is 125 Å². The van der Waals surface area contributed by atoms with Gasteiger partial charge in [0, 0.05) is 0 Å². The van der Waals surface area contributed by atoms with Gasteiger partial charge in [-0.15, -0.1) is 0 Å². The van der Waals surface area contributed by atoms with Gasteiger partial charge >= 0.3 is 62.8 Å². The topological polar surface area (TPSA) is 114 Å². The predicted molar refractivity (Wildman–Crippen MR) is 40.2 cm³/mol. The number of rotatable bonds is 0. The Bertz CT molecular complexity index is 593. The first-order chi connectivity index (χ1) is 5.66. The van der Waals surface area contributed by atoms with E-state index in [0.717, 1.165) is 0 Å². The van der Waals surface area contributed by atoms with E-state index >= 15 is 0 Å². The van der Waals surface area contributed by atoms with Crippen molar-refractivity contribution >= 4 is 11.2 Å². The maximum atomic E-state index is 10.9. The Balaban J connectivity index is 0.000000845.